The highest BCUT2D eigenvalue weighted by Crippen LogP contribution is 2.34. The van der Waals surface area contributed by atoms with E-state index in [1.54, 1.807) is 31.6 Å². The van der Waals surface area contributed by atoms with Gasteiger partial charge in [0.15, 0.2) is 5.75 Å². The van der Waals surface area contributed by atoms with E-state index in [2.05, 4.69) is 20.9 Å². The lowest BCUT2D eigenvalue weighted by Gasteiger charge is -2.10. The van der Waals surface area contributed by atoms with E-state index in [1.807, 2.05) is 12.1 Å². The summed E-state index contributed by atoms with van der Waals surface area (Å²) >= 11 is 3.32. The number of aromatic nitrogens is 1. The van der Waals surface area contributed by atoms with Gasteiger partial charge in [-0.1, -0.05) is 6.07 Å². The van der Waals surface area contributed by atoms with Gasteiger partial charge in [0.25, 0.3) is 0 Å². The van der Waals surface area contributed by atoms with Crippen LogP contribution in [0.1, 0.15) is 0 Å². The van der Waals surface area contributed by atoms with Crippen molar-refractivity contribution in [1.82, 2.24) is 4.98 Å². The van der Waals surface area contributed by atoms with Crippen LogP contribution >= 0.6 is 15.9 Å². The Balaban J connectivity index is 2.30. The van der Waals surface area contributed by atoms with Gasteiger partial charge in [0.2, 0.25) is 0 Å². The Hall–Kier alpha value is -1.75. The average molecular weight is 295 g/mol. The number of methoxy groups -OCH3 is 1. The Morgan fingerprint density at radius 3 is 2.71 bits per heavy atom. The number of rotatable bonds is 3. The normalized spacial score (nSPS) is 10.0. The summed E-state index contributed by atoms with van der Waals surface area (Å²) in [6, 6.07) is 7.18. The molecule has 0 amide bonds. The van der Waals surface area contributed by atoms with Gasteiger partial charge in [-0.2, -0.15) is 0 Å². The number of ether oxygens (including phenoxy) is 2. The lowest BCUT2D eigenvalue weighted by molar-refractivity contribution is 0.412. The van der Waals surface area contributed by atoms with Crippen molar-refractivity contribution >= 4 is 21.6 Å². The molecule has 0 unspecified atom stereocenters. The molecule has 17 heavy (non-hydrogen) atoms. The van der Waals surface area contributed by atoms with Crippen LogP contribution in [0.4, 0.5) is 5.69 Å². The van der Waals surface area contributed by atoms with Crippen molar-refractivity contribution in [3.05, 3.63) is 41.1 Å². The van der Waals surface area contributed by atoms with Crippen LogP contribution in [0.25, 0.3) is 0 Å². The summed E-state index contributed by atoms with van der Waals surface area (Å²) in [4.78, 5) is 4.01. The third-order valence-electron chi connectivity index (χ3n) is 2.15. The van der Waals surface area contributed by atoms with E-state index in [9.17, 15) is 0 Å². The summed E-state index contributed by atoms with van der Waals surface area (Å²) in [6.45, 7) is 0. The molecule has 0 fully saturated rings. The summed E-state index contributed by atoms with van der Waals surface area (Å²) in [5, 5.41) is 0. The second-order valence-electron chi connectivity index (χ2n) is 3.31. The van der Waals surface area contributed by atoms with Gasteiger partial charge in [-0.05, 0) is 34.1 Å². The van der Waals surface area contributed by atoms with Crippen LogP contribution in [0.5, 0.6) is 17.2 Å². The molecule has 88 valence electrons. The highest BCUT2D eigenvalue weighted by Gasteiger charge is 2.07. The Kier molecular flexibility index (Phi) is 3.49. The lowest BCUT2D eigenvalue weighted by atomic mass is 10.2. The molecule has 1 heterocycles. The zero-order chi connectivity index (χ0) is 12.3. The second-order valence-corrected chi connectivity index (χ2v) is 4.23. The average Bonchev–Trinajstić information content (AvgIpc) is 2.32. The van der Waals surface area contributed by atoms with Crippen LogP contribution < -0.4 is 15.2 Å². The van der Waals surface area contributed by atoms with Crippen molar-refractivity contribution in [2.75, 3.05) is 12.8 Å². The van der Waals surface area contributed by atoms with Gasteiger partial charge < -0.3 is 15.2 Å². The van der Waals surface area contributed by atoms with E-state index in [0.29, 0.717) is 22.9 Å². The zero-order valence-electron chi connectivity index (χ0n) is 9.18. The van der Waals surface area contributed by atoms with Crippen LogP contribution in [0.2, 0.25) is 0 Å². The number of hydrogen-bond acceptors (Lipinski definition) is 4. The fourth-order valence-corrected chi connectivity index (χ4v) is 1.71. The molecule has 0 bridgehead atoms. The van der Waals surface area contributed by atoms with Gasteiger partial charge >= 0.3 is 0 Å². The number of anilines is 1. The Labute approximate surface area is 108 Å². The maximum absolute atomic E-state index is 5.90. The van der Waals surface area contributed by atoms with Gasteiger partial charge in [0, 0.05) is 10.7 Å². The van der Waals surface area contributed by atoms with Crippen LogP contribution in [-0.4, -0.2) is 12.1 Å². The molecule has 4 nitrogen and oxygen atoms in total. The van der Waals surface area contributed by atoms with E-state index in [4.69, 9.17) is 15.2 Å². The Bertz CT molecular complexity index is 532. The van der Waals surface area contributed by atoms with E-state index < -0.39 is 0 Å². The molecule has 2 N–H and O–H groups in total. The van der Waals surface area contributed by atoms with Gasteiger partial charge in [-0.15, -0.1) is 0 Å². The molecular formula is C12H11BrN2O2. The van der Waals surface area contributed by atoms with E-state index in [1.165, 1.54) is 0 Å². The maximum atomic E-state index is 5.90. The van der Waals surface area contributed by atoms with Crippen molar-refractivity contribution in [3.63, 3.8) is 0 Å². The maximum Gasteiger partial charge on any atom is 0.154 e. The first-order valence-corrected chi connectivity index (χ1v) is 5.71. The molecule has 5 heteroatoms. The topological polar surface area (TPSA) is 57.4 Å². The third-order valence-corrected chi connectivity index (χ3v) is 2.59. The number of para-hydroxylation sites is 1. The summed E-state index contributed by atoms with van der Waals surface area (Å²) < 4.78 is 11.6. The molecule has 2 rings (SSSR count). The molecule has 0 radical (unpaired) electrons. The summed E-state index contributed by atoms with van der Waals surface area (Å²) in [7, 11) is 1.57. The molecular weight excluding hydrogens is 284 g/mol. The second kappa shape index (κ2) is 5.05. The van der Waals surface area contributed by atoms with Crippen LogP contribution in [-0.2, 0) is 0 Å². The van der Waals surface area contributed by atoms with Crippen molar-refractivity contribution in [1.29, 1.82) is 0 Å². The summed E-state index contributed by atoms with van der Waals surface area (Å²) in [5.41, 5.74) is 6.37. The number of nitrogens with two attached hydrogens (primary N) is 1. The number of benzene rings is 1. The number of pyridine rings is 1. The quantitative estimate of drug-likeness (QED) is 0.883. The van der Waals surface area contributed by atoms with Crippen molar-refractivity contribution < 1.29 is 9.47 Å². The van der Waals surface area contributed by atoms with Crippen LogP contribution in [0.15, 0.2) is 41.1 Å². The van der Waals surface area contributed by atoms with Crippen molar-refractivity contribution in [2.45, 2.75) is 0 Å². The third kappa shape index (κ3) is 2.68. The molecule has 0 saturated carbocycles. The molecule has 0 spiro atoms. The SMILES string of the molecule is COc1cccc(Oc2cncc(Br)c2)c1N. The van der Waals surface area contributed by atoms with Crippen molar-refractivity contribution in [2.24, 2.45) is 0 Å². The number of halogens is 1. The fourth-order valence-electron chi connectivity index (χ4n) is 1.37. The molecule has 1 aromatic carbocycles. The Morgan fingerprint density at radius 2 is 2.00 bits per heavy atom. The predicted molar refractivity (Wildman–Crippen MR) is 69.4 cm³/mol. The van der Waals surface area contributed by atoms with Gasteiger partial charge in [0.05, 0.1) is 13.3 Å². The minimum atomic E-state index is 0.468. The fraction of sp³-hybridized carbons (Fsp3) is 0.0833. The number of nitrogen functional groups attached to an aromatic ring is 1. The first-order chi connectivity index (χ1) is 8.20. The minimum Gasteiger partial charge on any atom is -0.494 e. The summed E-state index contributed by atoms with van der Waals surface area (Å²) in [6.07, 6.45) is 3.30. The van der Waals surface area contributed by atoms with Gasteiger partial charge in [-0.3, -0.25) is 4.98 Å². The molecule has 0 saturated heterocycles. The standard InChI is InChI=1S/C12H11BrN2O2/c1-16-10-3-2-4-11(12(10)14)17-9-5-8(13)6-15-7-9/h2-7H,14H2,1H3. The molecule has 0 atom stereocenters. The first-order valence-electron chi connectivity index (χ1n) is 4.91. The van der Waals surface area contributed by atoms with E-state index in [-0.39, 0.29) is 0 Å². The molecule has 1 aromatic heterocycles. The summed E-state index contributed by atoms with van der Waals surface area (Å²) in [5.74, 6) is 1.74. The van der Waals surface area contributed by atoms with Crippen LogP contribution in [0.3, 0.4) is 0 Å². The highest BCUT2D eigenvalue weighted by atomic mass is 79.9. The highest BCUT2D eigenvalue weighted by molar-refractivity contribution is 9.10. The molecule has 0 aliphatic rings. The van der Waals surface area contributed by atoms with E-state index in [0.717, 1.165) is 4.47 Å². The number of nitrogens with zero attached hydrogens (tertiary/aromatic N) is 1. The van der Waals surface area contributed by atoms with E-state index >= 15 is 0 Å². The molecule has 2 aromatic rings. The molecule has 0 aliphatic carbocycles. The first kappa shape index (κ1) is 11.7. The van der Waals surface area contributed by atoms with Crippen LogP contribution in [0, 0.1) is 0 Å². The van der Waals surface area contributed by atoms with Crippen molar-refractivity contribution in [3.8, 4) is 17.2 Å². The lowest BCUT2D eigenvalue weighted by Crippen LogP contribution is -1.96. The van der Waals surface area contributed by atoms with Gasteiger partial charge in [-0.25, -0.2) is 0 Å². The largest absolute Gasteiger partial charge is 0.494 e. The Morgan fingerprint density at radius 1 is 1.24 bits per heavy atom. The molecule has 0 aliphatic heterocycles. The smallest absolute Gasteiger partial charge is 0.154 e. The predicted octanol–water partition coefficient (Wildman–Crippen LogP) is 3.23. The number of hydrogen-bond donors (Lipinski definition) is 1. The zero-order valence-corrected chi connectivity index (χ0v) is 10.8. The minimum absolute atomic E-state index is 0.468. The monoisotopic (exact) mass is 294 g/mol. The van der Waals surface area contributed by atoms with Gasteiger partial charge in [0.1, 0.15) is 17.2 Å².